The third-order valence-corrected chi connectivity index (χ3v) is 2.48. The van der Waals surface area contributed by atoms with E-state index in [2.05, 4.69) is 12.0 Å². The molecule has 0 saturated carbocycles. The molecule has 1 atom stereocenters. The molecule has 0 bridgehead atoms. The lowest BCUT2D eigenvalue weighted by Crippen LogP contribution is -2.22. The Labute approximate surface area is 95.7 Å². The van der Waals surface area contributed by atoms with Crippen LogP contribution in [-0.2, 0) is 11.3 Å². The van der Waals surface area contributed by atoms with E-state index in [4.69, 9.17) is 5.11 Å². The molecule has 0 aliphatic rings. The number of carboxylic acid groups (broad SMARTS) is 1. The van der Waals surface area contributed by atoms with Crippen molar-refractivity contribution in [3.63, 3.8) is 0 Å². The molecule has 1 aromatic rings. The molecule has 5 heteroatoms. The van der Waals surface area contributed by atoms with Gasteiger partial charge in [0.05, 0.1) is 12.6 Å². The lowest BCUT2D eigenvalue weighted by atomic mass is 10.1. The maximum Gasteiger partial charge on any atom is 0.305 e. The largest absolute Gasteiger partial charge is 0.481 e. The Morgan fingerprint density at radius 1 is 1.62 bits per heavy atom. The van der Waals surface area contributed by atoms with Crippen molar-refractivity contribution in [2.45, 2.75) is 32.4 Å². The van der Waals surface area contributed by atoms with Gasteiger partial charge in [-0.05, 0) is 20.5 Å². The highest BCUT2D eigenvalue weighted by molar-refractivity contribution is 5.67. The molecule has 0 aliphatic heterocycles. The maximum atomic E-state index is 10.8. The SMILES string of the molecule is CCCn1cc(C(CC(=O)O)N(C)C)cn1. The van der Waals surface area contributed by atoms with Gasteiger partial charge >= 0.3 is 5.97 Å². The van der Waals surface area contributed by atoms with Gasteiger partial charge in [0.15, 0.2) is 0 Å². The Balaban J connectivity index is 2.79. The fourth-order valence-electron chi connectivity index (χ4n) is 1.67. The van der Waals surface area contributed by atoms with Crippen LogP contribution in [0.15, 0.2) is 12.4 Å². The van der Waals surface area contributed by atoms with Gasteiger partial charge in [-0.2, -0.15) is 5.10 Å². The summed E-state index contributed by atoms with van der Waals surface area (Å²) in [6.07, 6.45) is 4.80. The van der Waals surface area contributed by atoms with Gasteiger partial charge in [-0.3, -0.25) is 9.48 Å². The second-order valence-electron chi connectivity index (χ2n) is 4.11. The Morgan fingerprint density at radius 3 is 2.81 bits per heavy atom. The molecule has 0 spiro atoms. The van der Waals surface area contributed by atoms with E-state index in [-0.39, 0.29) is 12.5 Å². The zero-order chi connectivity index (χ0) is 12.1. The summed E-state index contributed by atoms with van der Waals surface area (Å²) in [5.74, 6) is -0.790. The number of carbonyl (C=O) groups is 1. The van der Waals surface area contributed by atoms with Crippen molar-refractivity contribution in [3.8, 4) is 0 Å². The normalized spacial score (nSPS) is 13.0. The third kappa shape index (κ3) is 3.34. The molecule has 5 nitrogen and oxygen atoms in total. The van der Waals surface area contributed by atoms with Gasteiger partial charge in [-0.1, -0.05) is 6.92 Å². The zero-order valence-electron chi connectivity index (χ0n) is 10.1. The molecule has 90 valence electrons. The minimum Gasteiger partial charge on any atom is -0.481 e. The lowest BCUT2D eigenvalue weighted by Gasteiger charge is -2.21. The predicted octanol–water partition coefficient (Wildman–Crippen LogP) is 1.37. The molecule has 1 heterocycles. The van der Waals surface area contributed by atoms with Gasteiger partial charge < -0.3 is 10.0 Å². The minimum atomic E-state index is -0.790. The summed E-state index contributed by atoms with van der Waals surface area (Å²) in [4.78, 5) is 12.7. The molecular weight excluding hydrogens is 206 g/mol. The predicted molar refractivity (Wildman–Crippen MR) is 61.2 cm³/mol. The zero-order valence-corrected chi connectivity index (χ0v) is 10.1. The van der Waals surface area contributed by atoms with Gasteiger partial charge in [0, 0.05) is 24.3 Å². The number of aryl methyl sites for hydroxylation is 1. The molecule has 16 heavy (non-hydrogen) atoms. The third-order valence-electron chi connectivity index (χ3n) is 2.48. The molecule has 1 N–H and O–H groups in total. The highest BCUT2D eigenvalue weighted by Gasteiger charge is 2.19. The average molecular weight is 225 g/mol. The smallest absolute Gasteiger partial charge is 0.305 e. The van der Waals surface area contributed by atoms with E-state index in [1.165, 1.54) is 0 Å². The Hall–Kier alpha value is -1.36. The highest BCUT2D eigenvalue weighted by atomic mass is 16.4. The van der Waals surface area contributed by atoms with E-state index in [0.29, 0.717) is 0 Å². The van der Waals surface area contributed by atoms with Crippen molar-refractivity contribution in [1.82, 2.24) is 14.7 Å². The number of aliphatic carboxylic acids is 1. The first-order valence-corrected chi connectivity index (χ1v) is 5.45. The van der Waals surface area contributed by atoms with Gasteiger partial charge in [0.1, 0.15) is 0 Å². The van der Waals surface area contributed by atoms with Crippen LogP contribution in [0, 0.1) is 0 Å². The van der Waals surface area contributed by atoms with Crippen molar-refractivity contribution in [2.24, 2.45) is 0 Å². The van der Waals surface area contributed by atoms with E-state index in [1.54, 1.807) is 6.20 Å². The second kappa shape index (κ2) is 5.65. The van der Waals surface area contributed by atoms with Gasteiger partial charge in [0.25, 0.3) is 0 Å². The maximum absolute atomic E-state index is 10.8. The topological polar surface area (TPSA) is 58.4 Å². The van der Waals surface area contributed by atoms with Gasteiger partial charge in [0.2, 0.25) is 0 Å². The average Bonchev–Trinajstić information content (AvgIpc) is 2.62. The fourth-order valence-corrected chi connectivity index (χ4v) is 1.67. The van der Waals surface area contributed by atoms with Crippen LogP contribution >= 0.6 is 0 Å². The Kier molecular flexibility index (Phi) is 4.49. The van der Waals surface area contributed by atoms with Crippen LogP contribution in [0.5, 0.6) is 0 Å². The van der Waals surface area contributed by atoms with Crippen LogP contribution in [0.1, 0.15) is 31.4 Å². The van der Waals surface area contributed by atoms with Crippen molar-refractivity contribution < 1.29 is 9.90 Å². The van der Waals surface area contributed by atoms with E-state index in [0.717, 1.165) is 18.5 Å². The lowest BCUT2D eigenvalue weighted by molar-refractivity contribution is -0.138. The molecule has 0 aromatic carbocycles. The summed E-state index contributed by atoms with van der Waals surface area (Å²) in [5, 5.41) is 13.1. The van der Waals surface area contributed by atoms with Crippen LogP contribution in [0.25, 0.3) is 0 Å². The van der Waals surface area contributed by atoms with Gasteiger partial charge in [-0.25, -0.2) is 0 Å². The summed E-state index contributed by atoms with van der Waals surface area (Å²) in [5.41, 5.74) is 0.959. The van der Waals surface area contributed by atoms with E-state index in [9.17, 15) is 4.79 Å². The molecule has 1 unspecified atom stereocenters. The Morgan fingerprint density at radius 2 is 2.31 bits per heavy atom. The molecule has 0 aliphatic carbocycles. The fraction of sp³-hybridized carbons (Fsp3) is 0.636. The van der Waals surface area contributed by atoms with Crippen LogP contribution in [-0.4, -0.2) is 39.9 Å². The number of hydrogen-bond donors (Lipinski definition) is 1. The first kappa shape index (κ1) is 12.7. The van der Waals surface area contributed by atoms with Gasteiger partial charge in [-0.15, -0.1) is 0 Å². The highest BCUT2D eigenvalue weighted by Crippen LogP contribution is 2.21. The van der Waals surface area contributed by atoms with Crippen molar-refractivity contribution >= 4 is 5.97 Å². The van der Waals surface area contributed by atoms with Crippen LogP contribution < -0.4 is 0 Å². The van der Waals surface area contributed by atoms with Crippen LogP contribution in [0.2, 0.25) is 0 Å². The molecule has 1 aromatic heterocycles. The monoisotopic (exact) mass is 225 g/mol. The summed E-state index contributed by atoms with van der Waals surface area (Å²) in [6.45, 7) is 2.95. The molecule has 0 saturated heterocycles. The summed E-state index contributed by atoms with van der Waals surface area (Å²) >= 11 is 0. The number of hydrogen-bond acceptors (Lipinski definition) is 3. The van der Waals surface area contributed by atoms with Crippen molar-refractivity contribution in [2.75, 3.05) is 14.1 Å². The standard InChI is InChI=1S/C11H19N3O2/c1-4-5-14-8-9(7-12-14)10(13(2)3)6-11(15)16/h7-8,10H,4-6H2,1-3H3,(H,15,16). The summed E-state index contributed by atoms with van der Waals surface area (Å²) < 4.78 is 1.85. The minimum absolute atomic E-state index is 0.102. The first-order valence-electron chi connectivity index (χ1n) is 5.45. The molecular formula is C11H19N3O2. The quantitative estimate of drug-likeness (QED) is 0.794. The second-order valence-corrected chi connectivity index (χ2v) is 4.11. The first-order chi connectivity index (χ1) is 7.54. The van der Waals surface area contributed by atoms with Crippen molar-refractivity contribution in [1.29, 1.82) is 0 Å². The van der Waals surface area contributed by atoms with Crippen LogP contribution in [0.3, 0.4) is 0 Å². The summed E-state index contributed by atoms with van der Waals surface area (Å²) in [7, 11) is 3.76. The Bertz CT molecular complexity index is 347. The number of rotatable bonds is 6. The molecule has 0 fully saturated rings. The van der Waals surface area contributed by atoms with E-state index in [1.807, 2.05) is 29.9 Å². The molecule has 0 amide bonds. The van der Waals surface area contributed by atoms with Crippen molar-refractivity contribution in [3.05, 3.63) is 18.0 Å². The van der Waals surface area contributed by atoms with E-state index >= 15 is 0 Å². The number of carboxylic acids is 1. The summed E-state index contributed by atoms with van der Waals surface area (Å²) in [6, 6.07) is -0.108. The molecule has 0 radical (unpaired) electrons. The van der Waals surface area contributed by atoms with Crippen LogP contribution in [0.4, 0.5) is 0 Å². The number of nitrogens with zero attached hydrogens (tertiary/aromatic N) is 3. The molecule has 1 rings (SSSR count). The number of aromatic nitrogens is 2. The van der Waals surface area contributed by atoms with E-state index < -0.39 is 5.97 Å².